The summed E-state index contributed by atoms with van der Waals surface area (Å²) in [7, 11) is 1.70. The summed E-state index contributed by atoms with van der Waals surface area (Å²) >= 11 is 0. The van der Waals surface area contributed by atoms with E-state index in [0.29, 0.717) is 6.61 Å². The van der Waals surface area contributed by atoms with Crippen molar-refractivity contribution in [3.63, 3.8) is 0 Å². The van der Waals surface area contributed by atoms with Crippen LogP contribution in [-0.4, -0.2) is 30.0 Å². The second-order valence-electron chi connectivity index (χ2n) is 3.24. The average Bonchev–Trinajstić information content (AvgIpc) is 2.63. The third-order valence-electron chi connectivity index (χ3n) is 1.95. The second-order valence-corrected chi connectivity index (χ2v) is 3.24. The van der Waals surface area contributed by atoms with Crippen molar-refractivity contribution in [1.82, 2.24) is 15.1 Å². The normalized spacial score (nSPS) is 10.7. The average molecular weight is 197 g/mol. The van der Waals surface area contributed by atoms with E-state index in [2.05, 4.69) is 17.3 Å². The molecule has 1 N–H and O–H groups in total. The minimum Gasteiger partial charge on any atom is -0.383 e. The summed E-state index contributed by atoms with van der Waals surface area (Å²) in [6, 6.07) is 2.04. The molecule has 4 heteroatoms. The van der Waals surface area contributed by atoms with Gasteiger partial charge in [0.2, 0.25) is 0 Å². The van der Waals surface area contributed by atoms with Crippen molar-refractivity contribution in [2.24, 2.45) is 0 Å². The van der Waals surface area contributed by atoms with Crippen molar-refractivity contribution in [2.45, 2.75) is 26.4 Å². The molecule has 80 valence electrons. The fraction of sp³-hybridized carbons (Fsp3) is 0.700. The van der Waals surface area contributed by atoms with E-state index in [9.17, 15) is 0 Å². The number of rotatable bonds is 7. The molecule has 0 aliphatic rings. The second kappa shape index (κ2) is 6.56. The predicted molar refractivity (Wildman–Crippen MR) is 56.1 cm³/mol. The van der Waals surface area contributed by atoms with E-state index in [0.717, 1.165) is 31.7 Å². The molecule has 0 saturated heterocycles. The molecule has 0 saturated carbocycles. The van der Waals surface area contributed by atoms with Crippen LogP contribution in [0.1, 0.15) is 19.0 Å². The first-order chi connectivity index (χ1) is 6.86. The van der Waals surface area contributed by atoms with Gasteiger partial charge in [0.25, 0.3) is 0 Å². The number of nitrogens with one attached hydrogen (secondary N) is 1. The van der Waals surface area contributed by atoms with Crippen molar-refractivity contribution in [1.29, 1.82) is 0 Å². The summed E-state index contributed by atoms with van der Waals surface area (Å²) in [6.45, 7) is 5.59. The van der Waals surface area contributed by atoms with E-state index in [1.807, 2.05) is 16.9 Å². The Hall–Kier alpha value is -0.870. The lowest BCUT2D eigenvalue weighted by atomic mass is 10.4. The van der Waals surface area contributed by atoms with Gasteiger partial charge in [-0.05, 0) is 19.0 Å². The number of methoxy groups -OCH3 is 1. The van der Waals surface area contributed by atoms with Crippen molar-refractivity contribution in [3.8, 4) is 0 Å². The molecule has 14 heavy (non-hydrogen) atoms. The molecule has 0 spiro atoms. The summed E-state index contributed by atoms with van der Waals surface area (Å²) < 4.78 is 6.89. The summed E-state index contributed by atoms with van der Waals surface area (Å²) in [5.41, 5.74) is 1.09. The van der Waals surface area contributed by atoms with Crippen LogP contribution >= 0.6 is 0 Å². The van der Waals surface area contributed by atoms with Crippen molar-refractivity contribution < 1.29 is 4.74 Å². The van der Waals surface area contributed by atoms with Gasteiger partial charge < -0.3 is 10.1 Å². The van der Waals surface area contributed by atoms with E-state index in [4.69, 9.17) is 4.74 Å². The monoisotopic (exact) mass is 197 g/mol. The molecule has 0 aliphatic heterocycles. The molecule has 0 aromatic carbocycles. The van der Waals surface area contributed by atoms with E-state index < -0.39 is 0 Å². The molecule has 0 fully saturated rings. The van der Waals surface area contributed by atoms with Crippen LogP contribution in [0.5, 0.6) is 0 Å². The molecule has 1 aromatic heterocycles. The first-order valence-electron chi connectivity index (χ1n) is 5.08. The van der Waals surface area contributed by atoms with E-state index in [1.54, 1.807) is 7.11 Å². The maximum Gasteiger partial charge on any atom is 0.0762 e. The summed E-state index contributed by atoms with van der Waals surface area (Å²) in [5.74, 6) is 0. The van der Waals surface area contributed by atoms with Crippen LogP contribution in [-0.2, 0) is 17.8 Å². The minimum absolute atomic E-state index is 0.712. The molecule has 1 heterocycles. The Morgan fingerprint density at radius 3 is 3.14 bits per heavy atom. The molecule has 1 aromatic rings. The zero-order chi connectivity index (χ0) is 10.2. The highest BCUT2D eigenvalue weighted by Crippen LogP contribution is 1.95. The smallest absolute Gasteiger partial charge is 0.0762 e. The number of aromatic nitrogens is 2. The molecule has 4 nitrogen and oxygen atoms in total. The van der Waals surface area contributed by atoms with Gasteiger partial charge >= 0.3 is 0 Å². The Bertz CT molecular complexity index is 247. The summed E-state index contributed by atoms with van der Waals surface area (Å²) in [4.78, 5) is 0. The van der Waals surface area contributed by atoms with Gasteiger partial charge in [0.05, 0.1) is 18.8 Å². The lowest BCUT2D eigenvalue weighted by molar-refractivity contribution is 0.183. The van der Waals surface area contributed by atoms with Crippen LogP contribution < -0.4 is 5.32 Å². The van der Waals surface area contributed by atoms with Gasteiger partial charge in [0.15, 0.2) is 0 Å². The Kier molecular flexibility index (Phi) is 5.25. The van der Waals surface area contributed by atoms with Crippen LogP contribution in [0.4, 0.5) is 0 Å². The first kappa shape index (κ1) is 11.2. The summed E-state index contributed by atoms with van der Waals surface area (Å²) in [5, 5.41) is 7.71. The Labute approximate surface area is 85.3 Å². The van der Waals surface area contributed by atoms with Crippen LogP contribution in [0.25, 0.3) is 0 Å². The van der Waals surface area contributed by atoms with Crippen LogP contribution in [0.3, 0.4) is 0 Å². The van der Waals surface area contributed by atoms with Gasteiger partial charge in [-0.3, -0.25) is 4.68 Å². The zero-order valence-electron chi connectivity index (χ0n) is 8.99. The lowest BCUT2D eigenvalue weighted by Crippen LogP contribution is -2.14. The van der Waals surface area contributed by atoms with Crippen molar-refractivity contribution in [3.05, 3.63) is 18.0 Å². The van der Waals surface area contributed by atoms with Gasteiger partial charge in [0.1, 0.15) is 0 Å². The van der Waals surface area contributed by atoms with E-state index >= 15 is 0 Å². The standard InChI is InChI=1S/C10H19N3O/c1-3-5-11-9-10-4-6-13(12-10)7-8-14-2/h4,6,11H,3,5,7-9H2,1-2H3. The summed E-state index contributed by atoms with van der Waals surface area (Å²) in [6.07, 6.45) is 3.15. The Morgan fingerprint density at radius 2 is 2.43 bits per heavy atom. The largest absolute Gasteiger partial charge is 0.383 e. The number of hydrogen-bond acceptors (Lipinski definition) is 3. The third-order valence-corrected chi connectivity index (χ3v) is 1.95. The quantitative estimate of drug-likeness (QED) is 0.664. The molecular weight excluding hydrogens is 178 g/mol. The molecule has 1 rings (SSSR count). The molecule has 0 amide bonds. The van der Waals surface area contributed by atoms with Gasteiger partial charge in [-0.1, -0.05) is 6.92 Å². The topological polar surface area (TPSA) is 39.1 Å². The minimum atomic E-state index is 0.712. The third kappa shape index (κ3) is 3.89. The predicted octanol–water partition coefficient (Wildman–Crippen LogP) is 1.03. The van der Waals surface area contributed by atoms with Crippen molar-refractivity contribution >= 4 is 0 Å². The van der Waals surface area contributed by atoms with Crippen LogP contribution in [0, 0.1) is 0 Å². The molecule has 0 bridgehead atoms. The molecule has 0 aliphatic carbocycles. The Morgan fingerprint density at radius 1 is 1.57 bits per heavy atom. The molecule has 0 atom stereocenters. The maximum atomic E-state index is 4.98. The molecular formula is C10H19N3O. The maximum absolute atomic E-state index is 4.98. The molecule has 0 unspecified atom stereocenters. The zero-order valence-corrected chi connectivity index (χ0v) is 8.99. The van der Waals surface area contributed by atoms with E-state index in [-0.39, 0.29) is 0 Å². The van der Waals surface area contributed by atoms with Gasteiger partial charge in [0, 0.05) is 19.9 Å². The number of ether oxygens (including phenoxy) is 1. The van der Waals surface area contributed by atoms with Crippen molar-refractivity contribution in [2.75, 3.05) is 20.3 Å². The highest BCUT2D eigenvalue weighted by molar-refractivity contribution is 4.98. The van der Waals surface area contributed by atoms with Gasteiger partial charge in [-0.15, -0.1) is 0 Å². The van der Waals surface area contributed by atoms with E-state index in [1.165, 1.54) is 0 Å². The SMILES string of the molecule is CCCNCc1ccn(CCOC)n1. The first-order valence-corrected chi connectivity index (χ1v) is 5.08. The Balaban J connectivity index is 2.27. The van der Waals surface area contributed by atoms with Gasteiger partial charge in [-0.25, -0.2) is 0 Å². The highest BCUT2D eigenvalue weighted by Gasteiger charge is 1.97. The van der Waals surface area contributed by atoms with Crippen LogP contribution in [0.2, 0.25) is 0 Å². The fourth-order valence-electron chi connectivity index (χ4n) is 1.20. The molecule has 0 radical (unpaired) electrons. The van der Waals surface area contributed by atoms with Gasteiger partial charge in [-0.2, -0.15) is 5.10 Å². The number of hydrogen-bond donors (Lipinski definition) is 1. The van der Waals surface area contributed by atoms with Crippen LogP contribution in [0.15, 0.2) is 12.3 Å². The number of nitrogens with zero attached hydrogens (tertiary/aromatic N) is 2. The highest BCUT2D eigenvalue weighted by atomic mass is 16.5. The fourth-order valence-corrected chi connectivity index (χ4v) is 1.20. The lowest BCUT2D eigenvalue weighted by Gasteiger charge is -2.00.